The molecule has 1 aromatic carbocycles. The van der Waals surface area contributed by atoms with Crippen LogP contribution in [-0.4, -0.2) is 47.2 Å². The molecule has 0 saturated carbocycles. The largest absolute Gasteiger partial charge is 0.336 e. The number of nitrogens with zero attached hydrogens (tertiary/aromatic N) is 2. The molecular weight excluding hydrogens is 323 g/mol. The number of aromatic nitrogens is 2. The lowest BCUT2D eigenvalue weighted by atomic mass is 10.1. The smallest absolute Gasteiger partial charge is 0.271 e. The molecule has 2 heterocycles. The van der Waals surface area contributed by atoms with E-state index in [1.165, 1.54) is 0 Å². The van der Waals surface area contributed by atoms with E-state index in [4.69, 9.17) is 11.6 Å². The van der Waals surface area contributed by atoms with Crippen molar-refractivity contribution in [1.29, 1.82) is 0 Å². The van der Waals surface area contributed by atoms with Gasteiger partial charge >= 0.3 is 0 Å². The Morgan fingerprint density at radius 2 is 2.05 bits per heavy atom. The van der Waals surface area contributed by atoms with Crippen LogP contribution in [0.5, 0.6) is 0 Å². The maximum Gasteiger partial charge on any atom is 0.271 e. The van der Waals surface area contributed by atoms with Gasteiger partial charge < -0.3 is 10.2 Å². The number of carbonyl (C=O) groups is 1. The fourth-order valence-electron chi connectivity index (χ4n) is 2.46. The van der Waals surface area contributed by atoms with E-state index in [0.29, 0.717) is 16.4 Å². The number of amides is 1. The second-order valence-corrected chi connectivity index (χ2v) is 5.45. The number of halogens is 2. The first-order valence-corrected chi connectivity index (χ1v) is 7.44. The van der Waals surface area contributed by atoms with Crippen LogP contribution in [0, 0.1) is 0 Å². The Kier molecular flexibility index (Phi) is 5.83. The second kappa shape index (κ2) is 7.63. The minimum atomic E-state index is -0.00972. The summed E-state index contributed by atoms with van der Waals surface area (Å²) in [5, 5.41) is 11.0. The number of hydrogen-bond donors (Lipinski definition) is 2. The number of nitrogens with one attached hydrogen (secondary N) is 2. The molecule has 2 aromatic rings. The number of benzene rings is 1. The van der Waals surface area contributed by atoms with E-state index in [-0.39, 0.29) is 18.3 Å². The molecule has 1 aliphatic rings. The topological polar surface area (TPSA) is 61.0 Å². The molecule has 0 spiro atoms. The molecule has 0 atom stereocenters. The molecule has 118 valence electrons. The monoisotopic (exact) mass is 340 g/mol. The van der Waals surface area contributed by atoms with Gasteiger partial charge in [-0.2, -0.15) is 5.10 Å². The maximum absolute atomic E-state index is 12.5. The Morgan fingerprint density at radius 1 is 1.23 bits per heavy atom. The first-order valence-electron chi connectivity index (χ1n) is 7.06. The third kappa shape index (κ3) is 3.61. The van der Waals surface area contributed by atoms with Gasteiger partial charge in [-0.15, -0.1) is 12.4 Å². The van der Waals surface area contributed by atoms with Crippen molar-refractivity contribution in [3.63, 3.8) is 0 Å². The highest BCUT2D eigenvalue weighted by atomic mass is 35.5. The molecule has 0 radical (unpaired) electrons. The normalized spacial score (nSPS) is 15.0. The van der Waals surface area contributed by atoms with E-state index in [2.05, 4.69) is 15.5 Å². The summed E-state index contributed by atoms with van der Waals surface area (Å²) < 4.78 is 0. The highest BCUT2D eigenvalue weighted by Gasteiger charge is 2.19. The van der Waals surface area contributed by atoms with Crippen molar-refractivity contribution in [1.82, 2.24) is 20.4 Å². The minimum absolute atomic E-state index is 0. The van der Waals surface area contributed by atoms with Gasteiger partial charge in [-0.25, -0.2) is 0 Å². The Labute approximate surface area is 140 Å². The molecule has 1 fully saturated rings. The van der Waals surface area contributed by atoms with E-state index in [1.807, 2.05) is 29.2 Å². The van der Waals surface area contributed by atoms with E-state index < -0.39 is 0 Å². The average Bonchev–Trinajstić information content (AvgIpc) is 2.82. The van der Waals surface area contributed by atoms with Gasteiger partial charge in [0.15, 0.2) is 0 Å². The molecular formula is C15H18Cl2N4O. The standard InChI is InChI=1S/C15H17ClN4O.ClH/c16-12-5-2-1-4-11(12)13-10-14(19-18-13)15(21)20-8-3-6-17-7-9-20;/h1-2,4-5,10,17H,3,6-9H2,(H,18,19);1H. The summed E-state index contributed by atoms with van der Waals surface area (Å²) in [6, 6.07) is 9.24. The lowest BCUT2D eigenvalue weighted by molar-refractivity contribution is 0.0760. The van der Waals surface area contributed by atoms with Gasteiger partial charge in [-0.05, 0) is 25.1 Å². The maximum atomic E-state index is 12.5. The predicted octanol–water partition coefficient (Wildman–Crippen LogP) is 2.59. The molecule has 1 aliphatic heterocycles. The molecule has 1 amide bonds. The summed E-state index contributed by atoms with van der Waals surface area (Å²) in [5.41, 5.74) is 2.02. The molecule has 2 N–H and O–H groups in total. The highest BCUT2D eigenvalue weighted by molar-refractivity contribution is 6.33. The summed E-state index contributed by atoms with van der Waals surface area (Å²) >= 11 is 6.16. The molecule has 0 aliphatic carbocycles. The number of aromatic amines is 1. The van der Waals surface area contributed by atoms with Gasteiger partial charge in [0.1, 0.15) is 5.69 Å². The van der Waals surface area contributed by atoms with Crippen molar-refractivity contribution in [2.75, 3.05) is 26.2 Å². The number of carbonyl (C=O) groups excluding carboxylic acids is 1. The van der Waals surface area contributed by atoms with Crippen molar-refractivity contribution in [3.8, 4) is 11.3 Å². The minimum Gasteiger partial charge on any atom is -0.336 e. The third-order valence-electron chi connectivity index (χ3n) is 3.59. The van der Waals surface area contributed by atoms with Gasteiger partial charge in [0.05, 0.1) is 10.7 Å². The SMILES string of the molecule is Cl.O=C(c1cc(-c2ccccc2Cl)n[nH]1)N1CCCNCC1. The Morgan fingerprint density at radius 3 is 2.86 bits per heavy atom. The molecule has 1 saturated heterocycles. The zero-order valence-electron chi connectivity index (χ0n) is 12.0. The number of H-pyrrole nitrogens is 1. The first kappa shape index (κ1) is 16.8. The highest BCUT2D eigenvalue weighted by Crippen LogP contribution is 2.26. The molecule has 0 bridgehead atoms. The fourth-order valence-corrected chi connectivity index (χ4v) is 2.69. The van der Waals surface area contributed by atoms with Crippen LogP contribution in [0.4, 0.5) is 0 Å². The van der Waals surface area contributed by atoms with Crippen LogP contribution >= 0.6 is 24.0 Å². The lowest BCUT2D eigenvalue weighted by Gasteiger charge is -2.18. The van der Waals surface area contributed by atoms with Gasteiger partial charge in [0.2, 0.25) is 0 Å². The van der Waals surface area contributed by atoms with Crippen molar-refractivity contribution in [3.05, 3.63) is 41.0 Å². The average molecular weight is 341 g/mol. The van der Waals surface area contributed by atoms with Crippen LogP contribution in [-0.2, 0) is 0 Å². The summed E-state index contributed by atoms with van der Waals surface area (Å²) in [6.07, 6.45) is 0.969. The van der Waals surface area contributed by atoms with Crippen molar-refractivity contribution >= 4 is 29.9 Å². The predicted molar refractivity (Wildman–Crippen MR) is 89.7 cm³/mol. The van der Waals surface area contributed by atoms with Crippen LogP contribution in [0.25, 0.3) is 11.3 Å². The second-order valence-electron chi connectivity index (χ2n) is 5.04. The Hall–Kier alpha value is -1.56. The Balaban J connectivity index is 0.00000176. The zero-order chi connectivity index (χ0) is 14.7. The number of rotatable bonds is 2. The molecule has 22 heavy (non-hydrogen) atoms. The van der Waals surface area contributed by atoms with E-state index >= 15 is 0 Å². The molecule has 7 heteroatoms. The Bertz CT molecular complexity index is 636. The van der Waals surface area contributed by atoms with Crippen LogP contribution in [0.1, 0.15) is 16.9 Å². The summed E-state index contributed by atoms with van der Waals surface area (Å²) in [7, 11) is 0. The van der Waals surface area contributed by atoms with Crippen LogP contribution in [0.2, 0.25) is 5.02 Å². The van der Waals surface area contributed by atoms with E-state index in [0.717, 1.165) is 38.2 Å². The molecule has 1 aromatic heterocycles. The molecule has 0 unspecified atom stereocenters. The van der Waals surface area contributed by atoms with Crippen LogP contribution in [0.15, 0.2) is 30.3 Å². The first-order chi connectivity index (χ1) is 10.3. The summed E-state index contributed by atoms with van der Waals surface area (Å²) in [4.78, 5) is 14.3. The van der Waals surface area contributed by atoms with Crippen molar-refractivity contribution in [2.45, 2.75) is 6.42 Å². The zero-order valence-corrected chi connectivity index (χ0v) is 13.6. The van der Waals surface area contributed by atoms with Crippen LogP contribution in [0.3, 0.4) is 0 Å². The van der Waals surface area contributed by atoms with Crippen molar-refractivity contribution in [2.24, 2.45) is 0 Å². The van der Waals surface area contributed by atoms with Gasteiger partial charge in [-0.1, -0.05) is 29.8 Å². The molecule has 3 rings (SSSR count). The fraction of sp³-hybridized carbons (Fsp3) is 0.333. The third-order valence-corrected chi connectivity index (χ3v) is 3.91. The van der Waals surface area contributed by atoms with Gasteiger partial charge in [0, 0.05) is 25.2 Å². The molecule has 5 nitrogen and oxygen atoms in total. The summed E-state index contributed by atoms with van der Waals surface area (Å²) in [5.74, 6) is -0.00972. The van der Waals surface area contributed by atoms with Gasteiger partial charge in [0.25, 0.3) is 5.91 Å². The number of hydrogen-bond acceptors (Lipinski definition) is 3. The van der Waals surface area contributed by atoms with E-state index in [1.54, 1.807) is 6.07 Å². The van der Waals surface area contributed by atoms with Gasteiger partial charge in [-0.3, -0.25) is 9.89 Å². The van der Waals surface area contributed by atoms with Crippen LogP contribution < -0.4 is 5.32 Å². The quantitative estimate of drug-likeness (QED) is 0.883. The van der Waals surface area contributed by atoms with Crippen molar-refractivity contribution < 1.29 is 4.79 Å². The van der Waals surface area contributed by atoms with E-state index in [9.17, 15) is 4.79 Å². The lowest BCUT2D eigenvalue weighted by Crippen LogP contribution is -2.34. The summed E-state index contributed by atoms with van der Waals surface area (Å²) in [6.45, 7) is 3.28.